The quantitative estimate of drug-likeness (QED) is 0.772. The molecule has 1 N–H and O–H groups in total. The zero-order chi connectivity index (χ0) is 11.8. The van der Waals surface area contributed by atoms with Gasteiger partial charge in [0.25, 0.3) is 0 Å². The van der Waals surface area contributed by atoms with Crippen molar-refractivity contribution >= 4 is 28.5 Å². The van der Waals surface area contributed by atoms with Crippen molar-refractivity contribution in [1.82, 2.24) is 9.61 Å². The highest BCUT2D eigenvalue weighted by molar-refractivity contribution is 7.16. The predicted molar refractivity (Wildman–Crippen MR) is 68.6 cm³/mol. The summed E-state index contributed by atoms with van der Waals surface area (Å²) < 4.78 is 2.42. The molecule has 0 aliphatic heterocycles. The molecule has 17 heavy (non-hydrogen) atoms. The summed E-state index contributed by atoms with van der Waals surface area (Å²) in [5.74, 6) is 0. The Kier molecular flexibility index (Phi) is 2.63. The highest BCUT2D eigenvalue weighted by Crippen LogP contribution is 2.32. The zero-order valence-electron chi connectivity index (χ0n) is 8.75. The van der Waals surface area contributed by atoms with E-state index in [9.17, 15) is 5.11 Å². The molecule has 3 heterocycles. The standard InChI is InChI=1S/C12H9ClN2OS/c13-11-5-4-10(17-11)12(16)8-7-14-15-6-2-1-3-9(8)15/h1-7,12,16H. The monoisotopic (exact) mass is 264 g/mol. The van der Waals surface area contributed by atoms with E-state index in [1.165, 1.54) is 11.3 Å². The van der Waals surface area contributed by atoms with Gasteiger partial charge in [-0.05, 0) is 24.3 Å². The second-order valence-electron chi connectivity index (χ2n) is 3.67. The number of aliphatic hydroxyl groups is 1. The molecule has 3 aromatic rings. The molecule has 3 nitrogen and oxygen atoms in total. The highest BCUT2D eigenvalue weighted by atomic mass is 35.5. The van der Waals surface area contributed by atoms with Crippen molar-refractivity contribution < 1.29 is 5.11 Å². The smallest absolute Gasteiger partial charge is 0.117 e. The molecule has 3 aromatic heterocycles. The summed E-state index contributed by atoms with van der Waals surface area (Å²) in [6.07, 6.45) is 2.87. The number of aliphatic hydroxyl groups excluding tert-OH is 1. The van der Waals surface area contributed by atoms with Crippen LogP contribution in [0.2, 0.25) is 4.34 Å². The largest absolute Gasteiger partial charge is 0.383 e. The lowest BCUT2D eigenvalue weighted by atomic mass is 10.1. The maximum Gasteiger partial charge on any atom is 0.117 e. The molecule has 5 heteroatoms. The van der Waals surface area contributed by atoms with E-state index in [1.54, 1.807) is 16.8 Å². The molecule has 0 aromatic carbocycles. The van der Waals surface area contributed by atoms with Crippen molar-refractivity contribution in [2.75, 3.05) is 0 Å². The molecule has 86 valence electrons. The summed E-state index contributed by atoms with van der Waals surface area (Å²) in [5.41, 5.74) is 1.70. The van der Waals surface area contributed by atoms with E-state index in [1.807, 2.05) is 30.5 Å². The van der Waals surface area contributed by atoms with Gasteiger partial charge in [-0.15, -0.1) is 11.3 Å². The SMILES string of the molecule is OC(c1ccc(Cl)s1)c1cnn2ccccc12. The van der Waals surface area contributed by atoms with Gasteiger partial charge in [-0.2, -0.15) is 5.10 Å². The minimum atomic E-state index is -0.674. The molecule has 3 rings (SSSR count). The van der Waals surface area contributed by atoms with Gasteiger partial charge in [0.2, 0.25) is 0 Å². The fourth-order valence-corrected chi connectivity index (χ4v) is 2.86. The molecular weight excluding hydrogens is 256 g/mol. The van der Waals surface area contributed by atoms with E-state index in [2.05, 4.69) is 5.10 Å². The Morgan fingerprint density at radius 2 is 2.18 bits per heavy atom. The zero-order valence-corrected chi connectivity index (χ0v) is 10.3. The predicted octanol–water partition coefficient (Wildman–Crippen LogP) is 3.13. The first-order valence-electron chi connectivity index (χ1n) is 5.11. The Morgan fingerprint density at radius 1 is 1.29 bits per heavy atom. The Hall–Kier alpha value is -1.36. The second kappa shape index (κ2) is 4.14. The van der Waals surface area contributed by atoms with Gasteiger partial charge in [0.05, 0.1) is 16.0 Å². The van der Waals surface area contributed by atoms with Crippen LogP contribution in [0.3, 0.4) is 0 Å². The fourth-order valence-electron chi connectivity index (χ4n) is 1.79. The number of aromatic nitrogens is 2. The van der Waals surface area contributed by atoms with Gasteiger partial charge in [0, 0.05) is 16.6 Å². The van der Waals surface area contributed by atoms with Gasteiger partial charge < -0.3 is 5.11 Å². The summed E-state index contributed by atoms with van der Waals surface area (Å²) in [4.78, 5) is 0.828. The Balaban J connectivity index is 2.09. The molecule has 0 radical (unpaired) electrons. The van der Waals surface area contributed by atoms with Gasteiger partial charge >= 0.3 is 0 Å². The molecule has 0 aliphatic carbocycles. The lowest BCUT2D eigenvalue weighted by Gasteiger charge is -2.06. The molecular formula is C12H9ClN2OS. The van der Waals surface area contributed by atoms with E-state index in [0.29, 0.717) is 4.34 Å². The molecule has 0 amide bonds. The normalized spacial score (nSPS) is 13.1. The average molecular weight is 265 g/mol. The number of hydrogen-bond acceptors (Lipinski definition) is 3. The second-order valence-corrected chi connectivity index (χ2v) is 5.42. The first kappa shape index (κ1) is 10.8. The molecule has 0 spiro atoms. The van der Waals surface area contributed by atoms with E-state index >= 15 is 0 Å². The van der Waals surface area contributed by atoms with Crippen LogP contribution in [-0.4, -0.2) is 14.7 Å². The minimum Gasteiger partial charge on any atom is -0.383 e. The number of fused-ring (bicyclic) bond motifs is 1. The van der Waals surface area contributed by atoms with Crippen LogP contribution in [0.5, 0.6) is 0 Å². The number of pyridine rings is 1. The van der Waals surface area contributed by atoms with Crippen LogP contribution in [0.1, 0.15) is 16.5 Å². The molecule has 1 unspecified atom stereocenters. The van der Waals surface area contributed by atoms with Crippen LogP contribution in [0, 0.1) is 0 Å². The summed E-state index contributed by atoms with van der Waals surface area (Å²) in [5, 5.41) is 14.5. The van der Waals surface area contributed by atoms with Crippen LogP contribution in [0.25, 0.3) is 5.52 Å². The number of halogens is 1. The third-order valence-electron chi connectivity index (χ3n) is 2.61. The first-order chi connectivity index (χ1) is 8.25. The van der Waals surface area contributed by atoms with Crippen LogP contribution in [-0.2, 0) is 0 Å². The summed E-state index contributed by atoms with van der Waals surface area (Å²) >= 11 is 7.25. The van der Waals surface area contributed by atoms with E-state index < -0.39 is 6.10 Å². The molecule has 0 saturated heterocycles. The number of nitrogens with zero attached hydrogens (tertiary/aromatic N) is 2. The summed E-state index contributed by atoms with van der Waals surface area (Å²) in [6, 6.07) is 9.38. The molecule has 1 atom stereocenters. The Morgan fingerprint density at radius 3 is 2.94 bits per heavy atom. The maximum atomic E-state index is 10.3. The molecule has 0 bridgehead atoms. The van der Waals surface area contributed by atoms with E-state index in [4.69, 9.17) is 11.6 Å². The first-order valence-corrected chi connectivity index (χ1v) is 6.31. The van der Waals surface area contributed by atoms with E-state index in [-0.39, 0.29) is 0 Å². The van der Waals surface area contributed by atoms with Crippen molar-refractivity contribution in [2.24, 2.45) is 0 Å². The molecule has 0 aliphatic rings. The fraction of sp³-hybridized carbons (Fsp3) is 0.0833. The van der Waals surface area contributed by atoms with Gasteiger partial charge in [0.1, 0.15) is 6.10 Å². The van der Waals surface area contributed by atoms with Crippen LogP contribution in [0.4, 0.5) is 0 Å². The van der Waals surface area contributed by atoms with Gasteiger partial charge in [-0.3, -0.25) is 0 Å². The van der Waals surface area contributed by atoms with Crippen LogP contribution >= 0.6 is 22.9 Å². The lowest BCUT2D eigenvalue weighted by molar-refractivity contribution is 0.225. The third-order valence-corrected chi connectivity index (χ3v) is 3.90. The summed E-state index contributed by atoms with van der Waals surface area (Å²) in [6.45, 7) is 0. The van der Waals surface area contributed by atoms with Crippen LogP contribution in [0.15, 0.2) is 42.7 Å². The lowest BCUT2D eigenvalue weighted by Crippen LogP contribution is -1.96. The van der Waals surface area contributed by atoms with Crippen molar-refractivity contribution in [1.29, 1.82) is 0 Å². The number of hydrogen-bond donors (Lipinski definition) is 1. The van der Waals surface area contributed by atoms with Gasteiger partial charge in [-0.1, -0.05) is 17.7 Å². The average Bonchev–Trinajstić information content (AvgIpc) is 2.94. The Labute approximate surface area is 107 Å². The summed E-state index contributed by atoms with van der Waals surface area (Å²) in [7, 11) is 0. The van der Waals surface area contributed by atoms with Crippen molar-refractivity contribution in [3.63, 3.8) is 0 Å². The van der Waals surface area contributed by atoms with Crippen molar-refractivity contribution in [2.45, 2.75) is 6.10 Å². The van der Waals surface area contributed by atoms with Crippen LogP contribution < -0.4 is 0 Å². The highest BCUT2D eigenvalue weighted by Gasteiger charge is 2.17. The topological polar surface area (TPSA) is 37.5 Å². The number of thiophene rings is 1. The van der Waals surface area contributed by atoms with Crippen molar-refractivity contribution in [3.8, 4) is 0 Å². The number of rotatable bonds is 2. The van der Waals surface area contributed by atoms with Crippen molar-refractivity contribution in [3.05, 3.63) is 57.5 Å². The van der Waals surface area contributed by atoms with Gasteiger partial charge in [-0.25, -0.2) is 4.52 Å². The van der Waals surface area contributed by atoms with E-state index in [0.717, 1.165) is 16.0 Å². The minimum absolute atomic E-state index is 0.674. The molecule has 0 fully saturated rings. The third kappa shape index (κ3) is 1.84. The maximum absolute atomic E-state index is 10.3. The van der Waals surface area contributed by atoms with Gasteiger partial charge in [0.15, 0.2) is 0 Å². The Bertz CT molecular complexity index is 661. The molecule has 0 saturated carbocycles.